The lowest BCUT2D eigenvalue weighted by atomic mass is 10.1. The van der Waals surface area contributed by atoms with Crippen molar-refractivity contribution in [1.82, 2.24) is 14.8 Å². The summed E-state index contributed by atoms with van der Waals surface area (Å²) in [5, 5.41) is 23.1. The van der Waals surface area contributed by atoms with Gasteiger partial charge >= 0.3 is 0 Å². The van der Waals surface area contributed by atoms with E-state index in [0.29, 0.717) is 29.8 Å². The number of morpholine rings is 1. The van der Waals surface area contributed by atoms with Crippen molar-refractivity contribution in [3.63, 3.8) is 0 Å². The Kier molecular flexibility index (Phi) is 8.01. The smallest absolute Gasteiger partial charge is 0.234 e. The molecule has 0 aliphatic carbocycles. The molecule has 0 saturated carbocycles. The van der Waals surface area contributed by atoms with Crippen LogP contribution in [-0.4, -0.2) is 57.8 Å². The highest BCUT2D eigenvalue weighted by Crippen LogP contribution is 2.36. The van der Waals surface area contributed by atoms with Crippen molar-refractivity contribution in [2.75, 3.05) is 42.3 Å². The zero-order valence-corrected chi connectivity index (χ0v) is 23.6. The first-order valence-electron chi connectivity index (χ1n) is 12.3. The van der Waals surface area contributed by atoms with E-state index in [-0.39, 0.29) is 17.4 Å². The van der Waals surface area contributed by atoms with Gasteiger partial charge in [0.05, 0.1) is 41.6 Å². The van der Waals surface area contributed by atoms with Gasteiger partial charge in [-0.1, -0.05) is 57.5 Å². The number of phenolic OH excluding ortho intramolecular Hbond substituents is 1. The standard InChI is InChI=1S/C28H28BrN5O3S/c1-18-7-9-23(19(2)15-18)34-27(21-16-20(29)8-10-25(21)35)31-32-28(34)38-17-26(36)30-22-5-3-4-6-24(22)33-11-13-37-14-12-33/h3-10,15-16,35H,11-14,17H2,1-2H3,(H,30,36). The summed E-state index contributed by atoms with van der Waals surface area (Å²) in [4.78, 5) is 15.3. The molecule has 0 bridgehead atoms. The fourth-order valence-corrected chi connectivity index (χ4v) is 5.58. The molecule has 196 valence electrons. The molecule has 4 aromatic rings. The average molecular weight is 595 g/mol. The Labute approximate surface area is 234 Å². The third-order valence-electron chi connectivity index (χ3n) is 6.29. The van der Waals surface area contributed by atoms with Crippen LogP contribution in [0.3, 0.4) is 0 Å². The Morgan fingerprint density at radius 3 is 2.63 bits per heavy atom. The molecule has 1 amide bonds. The quantitative estimate of drug-likeness (QED) is 0.270. The zero-order chi connectivity index (χ0) is 26.6. The summed E-state index contributed by atoms with van der Waals surface area (Å²) in [6, 6.07) is 19.1. The first-order valence-corrected chi connectivity index (χ1v) is 14.0. The molecule has 2 heterocycles. The Balaban J connectivity index is 1.42. The molecular formula is C28H28BrN5O3S. The van der Waals surface area contributed by atoms with Crippen LogP contribution in [0.1, 0.15) is 11.1 Å². The lowest BCUT2D eigenvalue weighted by Gasteiger charge is -2.30. The van der Waals surface area contributed by atoms with Crippen molar-refractivity contribution in [3.8, 4) is 22.8 Å². The van der Waals surface area contributed by atoms with Gasteiger partial charge in [-0.25, -0.2) is 0 Å². The second-order valence-corrected chi connectivity index (χ2v) is 10.9. The summed E-state index contributed by atoms with van der Waals surface area (Å²) < 4.78 is 8.19. The maximum absolute atomic E-state index is 13.1. The number of carbonyl (C=O) groups is 1. The van der Waals surface area contributed by atoms with Gasteiger partial charge in [0.15, 0.2) is 11.0 Å². The number of nitrogens with one attached hydrogen (secondary N) is 1. The van der Waals surface area contributed by atoms with Crippen LogP contribution in [0.4, 0.5) is 11.4 Å². The zero-order valence-electron chi connectivity index (χ0n) is 21.1. The summed E-state index contributed by atoms with van der Waals surface area (Å²) in [6.07, 6.45) is 0. The predicted octanol–water partition coefficient (Wildman–Crippen LogP) is 5.59. The molecule has 0 atom stereocenters. The molecule has 5 rings (SSSR count). The van der Waals surface area contributed by atoms with Crippen LogP contribution in [0.5, 0.6) is 5.75 Å². The number of halogens is 1. The van der Waals surface area contributed by atoms with Crippen molar-refractivity contribution >= 4 is 45.0 Å². The monoisotopic (exact) mass is 593 g/mol. The van der Waals surface area contributed by atoms with E-state index < -0.39 is 0 Å². The first-order chi connectivity index (χ1) is 18.4. The van der Waals surface area contributed by atoms with Gasteiger partial charge in [0.2, 0.25) is 5.91 Å². The molecule has 0 unspecified atom stereocenters. The van der Waals surface area contributed by atoms with E-state index in [1.807, 2.05) is 60.9 Å². The normalized spacial score (nSPS) is 13.5. The molecule has 0 spiro atoms. The van der Waals surface area contributed by atoms with Crippen LogP contribution in [0, 0.1) is 13.8 Å². The number of benzene rings is 3. The minimum atomic E-state index is -0.141. The Morgan fingerprint density at radius 2 is 1.84 bits per heavy atom. The molecule has 0 radical (unpaired) electrons. The number of rotatable bonds is 7. The van der Waals surface area contributed by atoms with Gasteiger partial charge in [0.25, 0.3) is 0 Å². The number of carbonyl (C=O) groups excluding carboxylic acids is 1. The number of hydrogen-bond acceptors (Lipinski definition) is 7. The number of aryl methyl sites for hydroxylation is 2. The minimum Gasteiger partial charge on any atom is -0.507 e. The number of nitrogens with zero attached hydrogens (tertiary/aromatic N) is 4. The fraction of sp³-hybridized carbons (Fsp3) is 0.250. The van der Waals surface area contributed by atoms with Gasteiger partial charge in [-0.05, 0) is 55.8 Å². The SMILES string of the molecule is Cc1ccc(-n2c(SCC(=O)Nc3ccccc3N3CCOCC3)nnc2-c2cc(Br)ccc2O)c(C)c1. The molecule has 8 nitrogen and oxygen atoms in total. The number of aromatic nitrogens is 3. The van der Waals surface area contributed by atoms with Crippen LogP contribution in [-0.2, 0) is 9.53 Å². The maximum atomic E-state index is 13.1. The van der Waals surface area contributed by atoms with E-state index in [1.165, 1.54) is 11.8 Å². The number of ether oxygens (including phenoxy) is 1. The third-order valence-corrected chi connectivity index (χ3v) is 7.71. The van der Waals surface area contributed by atoms with Crippen molar-refractivity contribution in [2.24, 2.45) is 0 Å². The molecule has 38 heavy (non-hydrogen) atoms. The fourth-order valence-electron chi connectivity index (χ4n) is 4.47. The summed E-state index contributed by atoms with van der Waals surface area (Å²) in [5.74, 6) is 0.597. The number of para-hydroxylation sites is 2. The van der Waals surface area contributed by atoms with Crippen LogP contribution in [0.25, 0.3) is 17.1 Å². The number of hydrogen-bond donors (Lipinski definition) is 2. The van der Waals surface area contributed by atoms with Gasteiger partial charge in [-0.15, -0.1) is 10.2 Å². The Bertz CT molecular complexity index is 1470. The van der Waals surface area contributed by atoms with Gasteiger partial charge < -0.3 is 20.1 Å². The molecule has 1 fully saturated rings. The topological polar surface area (TPSA) is 92.5 Å². The Morgan fingerprint density at radius 1 is 1.05 bits per heavy atom. The molecule has 2 N–H and O–H groups in total. The van der Waals surface area contributed by atoms with Crippen LogP contribution < -0.4 is 10.2 Å². The highest BCUT2D eigenvalue weighted by Gasteiger charge is 2.22. The molecule has 10 heteroatoms. The maximum Gasteiger partial charge on any atom is 0.234 e. The highest BCUT2D eigenvalue weighted by molar-refractivity contribution is 9.10. The van der Waals surface area contributed by atoms with Crippen molar-refractivity contribution in [2.45, 2.75) is 19.0 Å². The van der Waals surface area contributed by atoms with Gasteiger partial charge in [0.1, 0.15) is 5.75 Å². The third kappa shape index (κ3) is 5.72. The Hall–Kier alpha value is -3.34. The minimum absolute atomic E-state index is 0.0978. The van der Waals surface area contributed by atoms with Gasteiger partial charge in [-0.3, -0.25) is 9.36 Å². The van der Waals surface area contributed by atoms with Crippen LogP contribution in [0.2, 0.25) is 0 Å². The van der Waals surface area contributed by atoms with Gasteiger partial charge in [0, 0.05) is 17.6 Å². The van der Waals surface area contributed by atoms with Gasteiger partial charge in [-0.2, -0.15) is 0 Å². The molecule has 1 aliphatic heterocycles. The average Bonchev–Trinajstić information content (AvgIpc) is 3.33. The summed E-state index contributed by atoms with van der Waals surface area (Å²) in [5.41, 5.74) is 5.36. The van der Waals surface area contributed by atoms with E-state index in [0.717, 1.165) is 45.8 Å². The largest absolute Gasteiger partial charge is 0.507 e. The highest BCUT2D eigenvalue weighted by atomic mass is 79.9. The summed E-state index contributed by atoms with van der Waals surface area (Å²) >= 11 is 4.78. The lowest BCUT2D eigenvalue weighted by Crippen LogP contribution is -2.36. The number of amides is 1. The molecule has 1 aliphatic rings. The van der Waals surface area contributed by atoms with Crippen LogP contribution >= 0.6 is 27.7 Å². The lowest BCUT2D eigenvalue weighted by molar-refractivity contribution is -0.113. The summed E-state index contributed by atoms with van der Waals surface area (Å²) in [6.45, 7) is 6.97. The van der Waals surface area contributed by atoms with Crippen molar-refractivity contribution < 1.29 is 14.6 Å². The molecule has 1 aromatic heterocycles. The number of phenols is 1. The molecule has 1 saturated heterocycles. The van der Waals surface area contributed by atoms with E-state index in [1.54, 1.807) is 12.1 Å². The van der Waals surface area contributed by atoms with E-state index in [2.05, 4.69) is 42.4 Å². The number of aromatic hydroxyl groups is 1. The van der Waals surface area contributed by atoms with Crippen molar-refractivity contribution in [1.29, 1.82) is 0 Å². The summed E-state index contributed by atoms with van der Waals surface area (Å²) in [7, 11) is 0. The van der Waals surface area contributed by atoms with E-state index in [4.69, 9.17) is 4.74 Å². The molecular weight excluding hydrogens is 566 g/mol. The van der Waals surface area contributed by atoms with E-state index in [9.17, 15) is 9.90 Å². The molecule has 3 aromatic carbocycles. The van der Waals surface area contributed by atoms with E-state index >= 15 is 0 Å². The number of thioether (sulfide) groups is 1. The second kappa shape index (κ2) is 11.6. The van der Waals surface area contributed by atoms with Crippen LogP contribution in [0.15, 0.2) is 70.3 Å². The first kappa shape index (κ1) is 26.3. The second-order valence-electron chi connectivity index (χ2n) is 9.05. The van der Waals surface area contributed by atoms with Crippen molar-refractivity contribution in [3.05, 3.63) is 76.3 Å². The number of anilines is 2. The predicted molar refractivity (Wildman–Crippen MR) is 154 cm³/mol.